The van der Waals surface area contributed by atoms with Crippen LogP contribution < -0.4 is 11.2 Å². The summed E-state index contributed by atoms with van der Waals surface area (Å²) in [5.74, 6) is 0. The lowest BCUT2D eigenvalue weighted by molar-refractivity contribution is 0.603. The van der Waals surface area contributed by atoms with Crippen molar-refractivity contribution in [1.29, 1.82) is 0 Å². The van der Waals surface area contributed by atoms with Crippen LogP contribution in [0.4, 0.5) is 0 Å². The first-order valence-electron chi connectivity index (χ1n) is 7.54. The normalized spacial score (nSPS) is 11.0. The first kappa shape index (κ1) is 14.3. The van der Waals surface area contributed by atoms with Gasteiger partial charge in [-0.2, -0.15) is 0 Å². The molecule has 1 aromatic heterocycles. The molecule has 0 atom stereocenters. The van der Waals surface area contributed by atoms with Crippen LogP contribution in [0.25, 0.3) is 16.6 Å². The summed E-state index contributed by atoms with van der Waals surface area (Å²) in [6.07, 6.45) is 1.89. The van der Waals surface area contributed by atoms with Crippen LogP contribution in [0.2, 0.25) is 0 Å². The van der Waals surface area contributed by atoms with Crippen molar-refractivity contribution in [2.45, 2.75) is 26.3 Å². The van der Waals surface area contributed by atoms with E-state index in [1.165, 1.54) is 4.57 Å². The van der Waals surface area contributed by atoms with Gasteiger partial charge in [-0.1, -0.05) is 43.7 Å². The van der Waals surface area contributed by atoms with Gasteiger partial charge < -0.3 is 0 Å². The van der Waals surface area contributed by atoms with Crippen molar-refractivity contribution in [2.24, 2.45) is 0 Å². The van der Waals surface area contributed by atoms with Gasteiger partial charge in [0.1, 0.15) is 0 Å². The summed E-state index contributed by atoms with van der Waals surface area (Å²) in [5, 5.41) is 0.571. The molecular formula is C18H18N2O2. The second kappa shape index (κ2) is 6.02. The molecule has 1 heterocycles. The number of nitrogens with zero attached hydrogens (tertiary/aromatic N) is 2. The standard InChI is InChI=1S/C18H18N2O2/c1-2-3-13-19-16-12-8-7-11-15(16)17(21)20(18(19)22)14-9-5-4-6-10-14/h4-12H,2-3,13H2,1H3. The molecular weight excluding hydrogens is 276 g/mol. The molecule has 22 heavy (non-hydrogen) atoms. The second-order valence-electron chi connectivity index (χ2n) is 5.28. The van der Waals surface area contributed by atoms with Crippen LogP contribution in [0, 0.1) is 0 Å². The number of benzene rings is 2. The van der Waals surface area contributed by atoms with E-state index in [1.54, 1.807) is 22.8 Å². The monoisotopic (exact) mass is 294 g/mol. The van der Waals surface area contributed by atoms with E-state index in [0.717, 1.165) is 12.8 Å². The van der Waals surface area contributed by atoms with Gasteiger partial charge in [-0.15, -0.1) is 0 Å². The third-order valence-electron chi connectivity index (χ3n) is 3.80. The fourth-order valence-electron chi connectivity index (χ4n) is 2.66. The van der Waals surface area contributed by atoms with E-state index < -0.39 is 0 Å². The molecule has 0 aliphatic carbocycles. The summed E-state index contributed by atoms with van der Waals surface area (Å²) < 4.78 is 2.96. The van der Waals surface area contributed by atoms with Gasteiger partial charge in [0.25, 0.3) is 5.56 Å². The Morgan fingerprint density at radius 2 is 1.59 bits per heavy atom. The van der Waals surface area contributed by atoms with Crippen LogP contribution in [0.3, 0.4) is 0 Å². The Hall–Kier alpha value is -2.62. The molecule has 3 aromatic rings. The lowest BCUT2D eigenvalue weighted by Crippen LogP contribution is -2.39. The van der Waals surface area contributed by atoms with Crippen molar-refractivity contribution in [1.82, 2.24) is 9.13 Å². The SMILES string of the molecule is CCCCn1c(=O)n(-c2ccccc2)c(=O)c2ccccc21. The lowest BCUT2D eigenvalue weighted by atomic mass is 10.2. The smallest absolute Gasteiger partial charge is 0.293 e. The van der Waals surface area contributed by atoms with Gasteiger partial charge in [0.15, 0.2) is 0 Å². The van der Waals surface area contributed by atoms with E-state index in [1.807, 2.05) is 36.4 Å². The van der Waals surface area contributed by atoms with Crippen LogP contribution >= 0.6 is 0 Å². The molecule has 4 heteroatoms. The first-order valence-corrected chi connectivity index (χ1v) is 7.54. The predicted molar refractivity (Wildman–Crippen MR) is 88.7 cm³/mol. The zero-order valence-electron chi connectivity index (χ0n) is 12.5. The molecule has 0 aliphatic rings. The Morgan fingerprint density at radius 1 is 0.909 bits per heavy atom. The summed E-state index contributed by atoms with van der Waals surface area (Å²) in [6, 6.07) is 16.4. The molecule has 0 bridgehead atoms. The van der Waals surface area contributed by atoms with E-state index in [-0.39, 0.29) is 11.2 Å². The summed E-state index contributed by atoms with van der Waals surface area (Å²) in [4.78, 5) is 25.6. The summed E-state index contributed by atoms with van der Waals surface area (Å²) in [7, 11) is 0. The van der Waals surface area contributed by atoms with Gasteiger partial charge in [-0.05, 0) is 30.7 Å². The predicted octanol–water partition coefficient (Wildman–Crippen LogP) is 2.95. The fourth-order valence-corrected chi connectivity index (χ4v) is 2.66. The zero-order valence-corrected chi connectivity index (χ0v) is 12.5. The molecule has 0 saturated heterocycles. The highest BCUT2D eigenvalue weighted by Crippen LogP contribution is 2.10. The minimum Gasteiger partial charge on any atom is -0.293 e. The Balaban J connectivity index is 2.38. The molecule has 3 rings (SSSR count). The molecule has 0 aliphatic heterocycles. The molecule has 0 spiro atoms. The van der Waals surface area contributed by atoms with Crippen molar-refractivity contribution in [3.8, 4) is 5.69 Å². The van der Waals surface area contributed by atoms with E-state index in [2.05, 4.69) is 6.92 Å². The maximum absolute atomic E-state index is 12.8. The lowest BCUT2D eigenvalue weighted by Gasteiger charge is -2.13. The van der Waals surface area contributed by atoms with Gasteiger partial charge in [0, 0.05) is 6.54 Å². The Kier molecular flexibility index (Phi) is 3.92. The highest BCUT2D eigenvalue weighted by molar-refractivity contribution is 5.78. The topological polar surface area (TPSA) is 44.0 Å². The van der Waals surface area contributed by atoms with Crippen LogP contribution in [-0.2, 0) is 6.54 Å². The molecule has 112 valence electrons. The Morgan fingerprint density at radius 3 is 2.32 bits per heavy atom. The number of hydrogen-bond acceptors (Lipinski definition) is 2. The van der Waals surface area contributed by atoms with Gasteiger partial charge in [-0.3, -0.25) is 9.36 Å². The quantitative estimate of drug-likeness (QED) is 0.742. The van der Waals surface area contributed by atoms with Crippen molar-refractivity contribution in [3.63, 3.8) is 0 Å². The number of rotatable bonds is 4. The van der Waals surface area contributed by atoms with E-state index in [9.17, 15) is 9.59 Å². The summed E-state index contributed by atoms with van der Waals surface area (Å²) in [6.45, 7) is 2.70. The van der Waals surface area contributed by atoms with Gasteiger partial charge >= 0.3 is 5.69 Å². The third-order valence-corrected chi connectivity index (χ3v) is 3.80. The average molecular weight is 294 g/mol. The number of aryl methyl sites for hydroxylation is 1. The zero-order chi connectivity index (χ0) is 15.5. The number of aromatic nitrogens is 2. The summed E-state index contributed by atoms with van der Waals surface area (Å²) in [5.41, 5.74) is 0.773. The molecule has 0 fully saturated rings. The van der Waals surface area contributed by atoms with Crippen molar-refractivity contribution in [3.05, 3.63) is 75.4 Å². The third kappa shape index (κ3) is 2.37. The summed E-state index contributed by atoms with van der Waals surface area (Å²) >= 11 is 0. The highest BCUT2D eigenvalue weighted by Gasteiger charge is 2.13. The Labute approximate surface area is 128 Å². The van der Waals surface area contributed by atoms with Crippen LogP contribution in [0.1, 0.15) is 19.8 Å². The van der Waals surface area contributed by atoms with E-state index >= 15 is 0 Å². The van der Waals surface area contributed by atoms with Crippen molar-refractivity contribution in [2.75, 3.05) is 0 Å². The van der Waals surface area contributed by atoms with Crippen molar-refractivity contribution >= 4 is 10.9 Å². The number of unbranched alkanes of at least 4 members (excludes halogenated alkanes) is 1. The van der Waals surface area contributed by atoms with E-state index in [4.69, 9.17) is 0 Å². The molecule has 2 aromatic carbocycles. The molecule has 0 unspecified atom stereocenters. The van der Waals surface area contributed by atoms with Gasteiger partial charge in [0.05, 0.1) is 16.6 Å². The van der Waals surface area contributed by atoms with Gasteiger partial charge in [0.2, 0.25) is 0 Å². The van der Waals surface area contributed by atoms with Crippen LogP contribution in [0.5, 0.6) is 0 Å². The first-order chi connectivity index (χ1) is 10.7. The second-order valence-corrected chi connectivity index (χ2v) is 5.28. The molecule has 0 amide bonds. The maximum atomic E-state index is 12.8. The molecule has 0 N–H and O–H groups in total. The van der Waals surface area contributed by atoms with Crippen LogP contribution in [0.15, 0.2) is 64.2 Å². The number of fused-ring (bicyclic) bond motifs is 1. The number of para-hydroxylation sites is 2. The Bertz CT molecular complexity index is 908. The molecule has 0 saturated carbocycles. The maximum Gasteiger partial charge on any atom is 0.336 e. The molecule has 4 nitrogen and oxygen atoms in total. The minimum absolute atomic E-state index is 0.264. The fraction of sp³-hybridized carbons (Fsp3) is 0.222. The molecule has 0 radical (unpaired) electrons. The van der Waals surface area contributed by atoms with Gasteiger partial charge in [-0.25, -0.2) is 9.36 Å². The number of hydrogen-bond donors (Lipinski definition) is 0. The minimum atomic E-state index is -0.275. The highest BCUT2D eigenvalue weighted by atomic mass is 16.2. The average Bonchev–Trinajstić information content (AvgIpc) is 2.56. The van der Waals surface area contributed by atoms with Crippen molar-refractivity contribution < 1.29 is 0 Å². The van der Waals surface area contributed by atoms with E-state index in [0.29, 0.717) is 23.1 Å². The van der Waals surface area contributed by atoms with Crippen LogP contribution in [-0.4, -0.2) is 9.13 Å². The largest absolute Gasteiger partial charge is 0.336 e.